The number of nitrogens with one attached hydrogen (secondary N) is 2. The number of ether oxygens (including phenoxy) is 2. The van der Waals surface area contributed by atoms with Gasteiger partial charge in [0.05, 0.1) is 52.2 Å². The first-order valence-corrected chi connectivity index (χ1v) is 22.5. The van der Waals surface area contributed by atoms with Crippen molar-refractivity contribution in [2.75, 3.05) is 36.2 Å². The Morgan fingerprint density at radius 2 is 1.71 bits per heavy atom. The number of alkyl halides is 3. The van der Waals surface area contributed by atoms with Crippen molar-refractivity contribution in [3.8, 4) is 22.3 Å². The van der Waals surface area contributed by atoms with Crippen molar-refractivity contribution in [2.24, 2.45) is 5.41 Å². The lowest BCUT2D eigenvalue weighted by Crippen LogP contribution is -2.57. The fraction of sp³-hybridized carbons (Fsp3) is 0.426. The average molecular weight is 932 g/mol. The number of amides is 4. The smallest absolute Gasteiger partial charge is 0.417 e. The molecule has 0 spiro atoms. The lowest BCUT2D eigenvalue weighted by molar-refractivity contribution is -0.144. The predicted molar refractivity (Wildman–Crippen MR) is 245 cm³/mol. The van der Waals surface area contributed by atoms with E-state index in [4.69, 9.17) is 21.7 Å². The maximum Gasteiger partial charge on any atom is 0.417 e. The monoisotopic (exact) mass is 931 g/mol. The normalized spacial score (nSPS) is 16.7. The molecule has 2 fully saturated rings. The summed E-state index contributed by atoms with van der Waals surface area (Å²) < 4.78 is 52.7. The van der Waals surface area contributed by atoms with Gasteiger partial charge in [-0.15, -0.1) is 11.3 Å². The van der Waals surface area contributed by atoms with Gasteiger partial charge in [-0.3, -0.25) is 24.1 Å². The van der Waals surface area contributed by atoms with Crippen molar-refractivity contribution in [2.45, 2.75) is 97.6 Å². The molecule has 1 unspecified atom stereocenters. The molecule has 18 heteroatoms. The predicted octanol–water partition coefficient (Wildman–Crippen LogP) is 7.94. The van der Waals surface area contributed by atoms with Gasteiger partial charge in [-0.1, -0.05) is 45.0 Å². The van der Waals surface area contributed by atoms with E-state index in [-0.39, 0.29) is 48.2 Å². The summed E-state index contributed by atoms with van der Waals surface area (Å²) in [7, 11) is 0. The molecular weight excluding hydrogens is 880 g/mol. The summed E-state index contributed by atoms with van der Waals surface area (Å²) in [5.74, 6) is -0.892. The van der Waals surface area contributed by atoms with Crippen molar-refractivity contribution in [3.05, 3.63) is 94.6 Å². The molecule has 4 aromatic rings. The van der Waals surface area contributed by atoms with Crippen molar-refractivity contribution < 1.29 is 41.8 Å². The summed E-state index contributed by atoms with van der Waals surface area (Å²) in [4.78, 5) is 63.6. The van der Waals surface area contributed by atoms with E-state index in [0.29, 0.717) is 50.4 Å². The largest absolute Gasteiger partial charge is 0.494 e. The number of rotatable bonds is 16. The molecule has 3 heterocycles. The highest BCUT2D eigenvalue weighted by molar-refractivity contribution is 7.81. The molecular formula is C47H52F3N7O6S2. The topological polar surface area (TPSA) is 157 Å². The van der Waals surface area contributed by atoms with Crippen LogP contribution in [0.4, 0.5) is 24.5 Å². The zero-order valence-corrected chi connectivity index (χ0v) is 38.7. The van der Waals surface area contributed by atoms with E-state index in [9.17, 15) is 37.6 Å². The molecule has 2 N–H and O–H groups in total. The molecule has 6 rings (SSSR count). The number of thiocarbonyl (C=S) groups is 1. The van der Waals surface area contributed by atoms with Gasteiger partial charge >= 0.3 is 6.18 Å². The number of carbonyl (C=O) groups is 4. The molecule has 3 aromatic carbocycles. The van der Waals surface area contributed by atoms with Gasteiger partial charge in [0.25, 0.3) is 5.91 Å². The Balaban J connectivity index is 0.931. The van der Waals surface area contributed by atoms with Gasteiger partial charge in [0, 0.05) is 38.2 Å². The van der Waals surface area contributed by atoms with Crippen LogP contribution in [0.2, 0.25) is 0 Å². The van der Waals surface area contributed by atoms with Gasteiger partial charge in [-0.05, 0) is 105 Å². The maximum absolute atomic E-state index is 13.9. The first kappa shape index (κ1) is 48.6. The zero-order valence-electron chi connectivity index (χ0n) is 37.1. The zero-order chi connectivity index (χ0) is 47.3. The quantitative estimate of drug-likeness (QED) is 0.0836. The van der Waals surface area contributed by atoms with Crippen LogP contribution in [0.3, 0.4) is 0 Å². The minimum Gasteiger partial charge on any atom is -0.494 e. The molecule has 1 aromatic heterocycles. The summed E-state index contributed by atoms with van der Waals surface area (Å²) in [5, 5.41) is 15.1. The second-order valence-corrected chi connectivity index (χ2v) is 18.7. The number of carbonyl (C=O) groups excluding carboxylic acids is 4. The minimum absolute atomic E-state index is 0.0185. The molecule has 2 aliphatic rings. The number of hydrogen-bond donors (Lipinski definition) is 2. The number of likely N-dealkylation sites (tertiary alicyclic amines) is 1. The second kappa shape index (κ2) is 20.1. The molecule has 65 heavy (non-hydrogen) atoms. The Bertz CT molecular complexity index is 2450. The highest BCUT2D eigenvalue weighted by Gasteiger charge is 2.51. The van der Waals surface area contributed by atoms with E-state index in [1.807, 2.05) is 57.5 Å². The van der Waals surface area contributed by atoms with Crippen molar-refractivity contribution in [1.82, 2.24) is 20.5 Å². The van der Waals surface area contributed by atoms with Crippen molar-refractivity contribution >= 4 is 63.7 Å². The molecule has 0 aliphatic carbocycles. The number of anilines is 2. The number of nitrogens with zero attached hydrogens (tertiary/aromatic N) is 5. The fourth-order valence-corrected chi connectivity index (χ4v) is 9.11. The molecule has 0 radical (unpaired) electrons. The van der Waals surface area contributed by atoms with Gasteiger partial charge in [0.15, 0.2) is 5.11 Å². The van der Waals surface area contributed by atoms with Crippen LogP contribution in [-0.2, 0) is 36.6 Å². The van der Waals surface area contributed by atoms with Gasteiger partial charge in [0.2, 0.25) is 17.7 Å². The Kier molecular flexibility index (Phi) is 15.0. The summed E-state index contributed by atoms with van der Waals surface area (Å²) in [6, 6.07) is 17.8. The molecule has 0 saturated carbocycles. The number of hydrogen-bond acceptors (Lipinski definition) is 10. The van der Waals surface area contributed by atoms with Crippen LogP contribution < -0.4 is 25.2 Å². The molecule has 13 nitrogen and oxygen atoms in total. The van der Waals surface area contributed by atoms with Crippen molar-refractivity contribution in [3.63, 3.8) is 0 Å². The Labute approximate surface area is 385 Å². The summed E-state index contributed by atoms with van der Waals surface area (Å²) in [6.07, 6.45) is -3.08. The Hall–Kier alpha value is -5.90. The van der Waals surface area contributed by atoms with E-state index >= 15 is 0 Å². The molecule has 2 atom stereocenters. The molecule has 2 aliphatic heterocycles. The lowest BCUT2D eigenvalue weighted by Gasteiger charge is -2.35. The highest BCUT2D eigenvalue weighted by Crippen LogP contribution is 2.40. The molecule has 0 bridgehead atoms. The van der Waals surface area contributed by atoms with Crippen molar-refractivity contribution in [1.29, 1.82) is 5.26 Å². The van der Waals surface area contributed by atoms with E-state index < -0.39 is 46.2 Å². The molecule has 344 valence electrons. The van der Waals surface area contributed by atoms with E-state index in [1.165, 1.54) is 6.07 Å². The van der Waals surface area contributed by atoms with E-state index in [0.717, 1.165) is 38.7 Å². The first-order chi connectivity index (χ1) is 30.7. The first-order valence-electron chi connectivity index (χ1n) is 21.2. The molecule has 4 amide bonds. The van der Waals surface area contributed by atoms with Gasteiger partial charge in [-0.25, -0.2) is 4.98 Å². The minimum atomic E-state index is -4.81. The fourth-order valence-electron chi connectivity index (χ4n) is 7.78. The summed E-state index contributed by atoms with van der Waals surface area (Å²) in [5.41, 5.74) is 1.62. The van der Waals surface area contributed by atoms with Crippen LogP contribution in [0.25, 0.3) is 10.4 Å². The van der Waals surface area contributed by atoms with Crippen LogP contribution >= 0.6 is 23.6 Å². The van der Waals surface area contributed by atoms with Crippen LogP contribution in [-0.4, -0.2) is 82.6 Å². The summed E-state index contributed by atoms with van der Waals surface area (Å²) in [6.45, 7) is 12.3. The second-order valence-electron chi connectivity index (χ2n) is 17.5. The standard InChI is InChI=1S/C47H52F3N7O6S2/c1-29-39(65-28-53-29)31-12-10-30(11-13-31)27-52-41(59)37-9-7-21-55(37)42(60)40(45(2,3)4)54-38(58)20-24-62-22-8-23-63-35-18-16-33(17-19-35)57-44(64)56(43(61)46(57,5)6)34-15-14-32(26-51)36(25-34)47(48,49)50/h10-19,25,28,37,40H,7-9,20-24,27H2,1-6H3,(H,52,59)(H,54,58)/t37-,40?/m0/s1. The Morgan fingerprint density at radius 3 is 2.34 bits per heavy atom. The third kappa shape index (κ3) is 11.1. The number of thiazole rings is 1. The highest BCUT2D eigenvalue weighted by atomic mass is 32.1. The third-order valence-electron chi connectivity index (χ3n) is 11.3. The lowest BCUT2D eigenvalue weighted by atomic mass is 9.85. The van der Waals surface area contributed by atoms with Gasteiger partial charge in [0.1, 0.15) is 23.4 Å². The van der Waals surface area contributed by atoms with Crippen LogP contribution in [0, 0.1) is 23.7 Å². The van der Waals surface area contributed by atoms with Gasteiger partial charge < -0.3 is 29.9 Å². The average Bonchev–Trinajstić information content (AvgIpc) is 3.97. The number of benzene rings is 3. The number of nitriles is 1. The molecule has 2 saturated heterocycles. The van der Waals surface area contributed by atoms with Crippen LogP contribution in [0.15, 0.2) is 72.2 Å². The van der Waals surface area contributed by atoms with E-state index in [1.54, 1.807) is 65.3 Å². The maximum atomic E-state index is 13.9. The summed E-state index contributed by atoms with van der Waals surface area (Å²) >= 11 is 7.20. The van der Waals surface area contributed by atoms with Crippen LogP contribution in [0.5, 0.6) is 5.75 Å². The van der Waals surface area contributed by atoms with Crippen LogP contribution in [0.1, 0.15) is 82.7 Å². The van der Waals surface area contributed by atoms with Gasteiger partial charge in [-0.2, -0.15) is 18.4 Å². The third-order valence-corrected chi connectivity index (χ3v) is 12.7. The number of halogens is 3. The SMILES string of the molecule is Cc1ncsc1-c1ccc(CNC(=O)[C@@H]2CCCN2C(=O)C(NC(=O)CCOCCCOc2ccc(N3C(=S)N(c4ccc(C#N)c(C(F)(F)F)c4)C(=O)C3(C)C)cc2)C(C)(C)C)cc1. The Morgan fingerprint density at radius 1 is 1.02 bits per heavy atom. The number of aromatic nitrogens is 1. The van der Waals surface area contributed by atoms with E-state index in [2.05, 4.69) is 15.6 Å². The number of aryl methyl sites for hydroxylation is 1.